The number of allylic oxidation sites excluding steroid dienone is 1. The van der Waals surface area contributed by atoms with Gasteiger partial charge in [-0.3, -0.25) is 9.78 Å². The second-order valence-electron chi connectivity index (χ2n) is 11.1. The van der Waals surface area contributed by atoms with Gasteiger partial charge in [0.2, 0.25) is 0 Å². The third-order valence-electron chi connectivity index (χ3n) is 8.58. The van der Waals surface area contributed by atoms with Crippen LogP contribution in [0.5, 0.6) is 0 Å². The highest BCUT2D eigenvalue weighted by molar-refractivity contribution is 6.03. The van der Waals surface area contributed by atoms with Gasteiger partial charge in [-0.05, 0) is 68.6 Å². The van der Waals surface area contributed by atoms with Crippen LogP contribution in [-0.2, 0) is 12.8 Å². The normalized spacial score (nSPS) is 21.6. The number of carbonyl (C=O) groups excluding carboxylic acids is 1. The maximum Gasteiger partial charge on any atom is 0.166 e. The summed E-state index contributed by atoms with van der Waals surface area (Å²) in [5.74, 6) is 0.839. The second kappa shape index (κ2) is 10.6. The lowest BCUT2D eigenvalue weighted by molar-refractivity contribution is 0.0983. The molecule has 0 bridgehead atoms. The monoisotopic (exact) mass is 495 g/mol. The SMILES string of the molecule is NC1CCC(Nc2c(C(=O)CCc3ccc(-n4ccnc4)cc3)cnc3c2C=C(C2CCCC2)C3)CC1. The van der Waals surface area contributed by atoms with Crippen LogP contribution in [-0.4, -0.2) is 32.4 Å². The predicted octanol–water partition coefficient (Wildman–Crippen LogP) is 5.89. The molecule has 0 aliphatic heterocycles. The van der Waals surface area contributed by atoms with Gasteiger partial charge in [0, 0.05) is 54.8 Å². The third kappa shape index (κ3) is 5.26. The number of aromatic nitrogens is 3. The molecule has 6 rings (SSSR count). The Bertz CT molecular complexity index is 1260. The van der Waals surface area contributed by atoms with Crippen LogP contribution in [0.1, 0.15) is 85.0 Å². The van der Waals surface area contributed by atoms with Crippen LogP contribution in [0.15, 0.2) is 54.8 Å². The van der Waals surface area contributed by atoms with Crippen LogP contribution in [0.25, 0.3) is 11.8 Å². The molecule has 3 aliphatic carbocycles. The second-order valence-corrected chi connectivity index (χ2v) is 11.1. The lowest BCUT2D eigenvalue weighted by atomic mass is 9.91. The molecule has 2 fully saturated rings. The zero-order chi connectivity index (χ0) is 25.2. The molecular weight excluding hydrogens is 458 g/mol. The number of anilines is 1. The van der Waals surface area contributed by atoms with E-state index in [1.165, 1.54) is 31.3 Å². The van der Waals surface area contributed by atoms with Crippen molar-refractivity contribution in [2.24, 2.45) is 11.7 Å². The molecule has 3 N–H and O–H groups in total. The van der Waals surface area contributed by atoms with Crippen molar-refractivity contribution in [3.8, 4) is 5.69 Å². The first kappa shape index (κ1) is 24.1. The van der Waals surface area contributed by atoms with Crippen molar-refractivity contribution in [3.05, 3.63) is 77.1 Å². The lowest BCUT2D eigenvalue weighted by Crippen LogP contribution is -2.33. The molecule has 6 nitrogen and oxygen atoms in total. The van der Waals surface area contributed by atoms with Crippen molar-refractivity contribution in [2.75, 3.05) is 5.32 Å². The van der Waals surface area contributed by atoms with Crippen molar-refractivity contribution in [3.63, 3.8) is 0 Å². The van der Waals surface area contributed by atoms with Crippen LogP contribution in [0, 0.1) is 5.92 Å². The molecule has 0 spiro atoms. The van der Waals surface area contributed by atoms with E-state index in [-0.39, 0.29) is 5.78 Å². The zero-order valence-corrected chi connectivity index (χ0v) is 21.5. The first-order chi connectivity index (χ1) is 18.1. The van der Waals surface area contributed by atoms with Crippen LogP contribution in [0.2, 0.25) is 0 Å². The summed E-state index contributed by atoms with van der Waals surface area (Å²) in [7, 11) is 0. The minimum Gasteiger partial charge on any atom is -0.381 e. The summed E-state index contributed by atoms with van der Waals surface area (Å²) in [5.41, 5.74) is 14.0. The molecule has 2 heterocycles. The summed E-state index contributed by atoms with van der Waals surface area (Å²) in [4.78, 5) is 22.5. The first-order valence-corrected chi connectivity index (χ1v) is 14.0. The smallest absolute Gasteiger partial charge is 0.166 e. The molecule has 2 aromatic heterocycles. The van der Waals surface area contributed by atoms with Gasteiger partial charge in [0.15, 0.2) is 5.78 Å². The van der Waals surface area contributed by atoms with Crippen LogP contribution in [0.3, 0.4) is 0 Å². The van der Waals surface area contributed by atoms with Crippen molar-refractivity contribution in [1.29, 1.82) is 0 Å². The number of nitrogens with zero attached hydrogens (tertiary/aromatic N) is 3. The minimum atomic E-state index is 0.159. The van der Waals surface area contributed by atoms with E-state index in [9.17, 15) is 4.79 Å². The molecule has 3 aliphatic rings. The largest absolute Gasteiger partial charge is 0.381 e. The van der Waals surface area contributed by atoms with Gasteiger partial charge >= 0.3 is 0 Å². The number of carbonyl (C=O) groups is 1. The molecule has 0 atom stereocenters. The van der Waals surface area contributed by atoms with E-state index in [0.29, 0.717) is 30.8 Å². The number of ketones is 1. The Morgan fingerprint density at radius 2 is 1.84 bits per heavy atom. The molecule has 3 aromatic rings. The number of hydrogen-bond donors (Lipinski definition) is 2. The Morgan fingerprint density at radius 3 is 2.57 bits per heavy atom. The van der Waals surface area contributed by atoms with Crippen molar-refractivity contribution < 1.29 is 4.79 Å². The fourth-order valence-electron chi connectivity index (χ4n) is 6.32. The average molecular weight is 496 g/mol. The van der Waals surface area contributed by atoms with E-state index in [1.807, 2.05) is 17.0 Å². The molecule has 0 amide bonds. The summed E-state index contributed by atoms with van der Waals surface area (Å²) < 4.78 is 1.98. The number of pyridine rings is 1. The van der Waals surface area contributed by atoms with E-state index in [4.69, 9.17) is 10.7 Å². The van der Waals surface area contributed by atoms with Gasteiger partial charge in [-0.1, -0.05) is 36.6 Å². The Labute approximate surface area is 219 Å². The van der Waals surface area contributed by atoms with Crippen LogP contribution >= 0.6 is 0 Å². The van der Waals surface area contributed by atoms with Crippen molar-refractivity contribution >= 4 is 17.5 Å². The molecule has 0 unspecified atom stereocenters. The fourth-order valence-corrected chi connectivity index (χ4v) is 6.32. The number of nitrogens with two attached hydrogens (primary N) is 1. The van der Waals surface area contributed by atoms with Crippen LogP contribution in [0.4, 0.5) is 5.69 Å². The molecular formula is C31H37N5O. The number of fused-ring (bicyclic) bond motifs is 1. The van der Waals surface area contributed by atoms with Gasteiger partial charge in [0.25, 0.3) is 0 Å². The minimum absolute atomic E-state index is 0.159. The molecule has 0 radical (unpaired) electrons. The molecule has 192 valence electrons. The predicted molar refractivity (Wildman–Crippen MR) is 148 cm³/mol. The Kier molecular flexibility index (Phi) is 6.92. The van der Waals surface area contributed by atoms with Gasteiger partial charge < -0.3 is 15.6 Å². The Hall–Kier alpha value is -3.25. The maximum atomic E-state index is 13.6. The number of rotatable bonds is 8. The maximum absolute atomic E-state index is 13.6. The summed E-state index contributed by atoms with van der Waals surface area (Å²) in [6.07, 6.45) is 21.2. The summed E-state index contributed by atoms with van der Waals surface area (Å²) >= 11 is 0. The quantitative estimate of drug-likeness (QED) is 0.380. The highest BCUT2D eigenvalue weighted by Crippen LogP contribution is 2.41. The standard InChI is InChI=1S/C31H37N5O/c32-24-8-10-25(11-9-24)35-31-27-17-23(22-3-1-2-4-22)18-29(27)34-19-28(31)30(37)14-7-21-5-12-26(13-6-21)36-16-15-33-20-36/h5-6,12-13,15-17,19-20,22,24-25H,1-4,7-11,14,18,32H2,(H,34,35). The van der Waals surface area contributed by atoms with E-state index < -0.39 is 0 Å². The molecule has 2 saturated carbocycles. The van der Waals surface area contributed by atoms with E-state index in [2.05, 4.69) is 40.6 Å². The number of hydrogen-bond acceptors (Lipinski definition) is 5. The van der Waals surface area contributed by atoms with Gasteiger partial charge in [-0.15, -0.1) is 0 Å². The topological polar surface area (TPSA) is 85.8 Å². The highest BCUT2D eigenvalue weighted by atomic mass is 16.1. The van der Waals surface area contributed by atoms with Crippen LogP contribution < -0.4 is 11.1 Å². The van der Waals surface area contributed by atoms with Gasteiger partial charge in [-0.2, -0.15) is 0 Å². The van der Waals surface area contributed by atoms with E-state index in [0.717, 1.165) is 65.9 Å². The number of imidazole rings is 1. The van der Waals surface area contributed by atoms with Gasteiger partial charge in [0.1, 0.15) is 0 Å². The number of benzene rings is 1. The third-order valence-corrected chi connectivity index (χ3v) is 8.58. The molecule has 0 saturated heterocycles. The molecule has 6 heteroatoms. The summed E-state index contributed by atoms with van der Waals surface area (Å²) in [5, 5.41) is 3.81. The number of Topliss-reactive ketones (excluding diaryl/α,β-unsaturated/α-hetero) is 1. The van der Waals surface area contributed by atoms with Crippen molar-refractivity contribution in [2.45, 2.75) is 82.7 Å². The highest BCUT2D eigenvalue weighted by Gasteiger charge is 2.29. The van der Waals surface area contributed by atoms with Gasteiger partial charge in [-0.25, -0.2) is 4.98 Å². The van der Waals surface area contributed by atoms with E-state index in [1.54, 1.807) is 12.5 Å². The van der Waals surface area contributed by atoms with Gasteiger partial charge in [0.05, 0.1) is 23.3 Å². The average Bonchev–Trinajstić information content (AvgIpc) is 3.71. The number of nitrogens with one attached hydrogen (secondary N) is 1. The molecule has 37 heavy (non-hydrogen) atoms. The fraction of sp³-hybridized carbons (Fsp3) is 0.452. The lowest BCUT2D eigenvalue weighted by Gasteiger charge is -2.29. The Morgan fingerprint density at radius 1 is 1.05 bits per heavy atom. The number of aryl methyl sites for hydroxylation is 1. The first-order valence-electron chi connectivity index (χ1n) is 14.0. The molecule has 1 aromatic carbocycles. The summed E-state index contributed by atoms with van der Waals surface area (Å²) in [6.45, 7) is 0. The Balaban J connectivity index is 1.22. The summed E-state index contributed by atoms with van der Waals surface area (Å²) in [6, 6.07) is 9.02. The zero-order valence-electron chi connectivity index (χ0n) is 21.5. The van der Waals surface area contributed by atoms with E-state index >= 15 is 0 Å². The van der Waals surface area contributed by atoms with Crippen molar-refractivity contribution in [1.82, 2.24) is 14.5 Å².